The molecule has 1 unspecified atom stereocenters. The summed E-state index contributed by atoms with van der Waals surface area (Å²) < 4.78 is 37.1. The van der Waals surface area contributed by atoms with E-state index in [4.69, 9.17) is 5.11 Å². The third-order valence-electron chi connectivity index (χ3n) is 3.36. The summed E-state index contributed by atoms with van der Waals surface area (Å²) in [5, 5.41) is 9.14. The second-order valence-electron chi connectivity index (χ2n) is 4.75. The largest absolute Gasteiger partial charge is 0.480 e. The van der Waals surface area contributed by atoms with E-state index in [1.165, 1.54) is 13.8 Å². The van der Waals surface area contributed by atoms with Crippen LogP contribution in [0.5, 0.6) is 0 Å². The standard InChI is InChI=1S/C11H17F3N2O3/c1-3-15(7-11(12,13)14)9(19)16-6-4-5-10(16,2)8(17)18/h3-7H2,1-2H3,(H,17,18). The number of amides is 2. The number of likely N-dealkylation sites (tertiary alicyclic amines) is 1. The van der Waals surface area contributed by atoms with Gasteiger partial charge in [-0.2, -0.15) is 13.2 Å². The molecule has 0 aliphatic carbocycles. The molecule has 1 saturated heterocycles. The highest BCUT2D eigenvalue weighted by molar-refractivity contribution is 5.86. The molecule has 19 heavy (non-hydrogen) atoms. The number of alkyl halides is 3. The number of carbonyl (C=O) groups excluding carboxylic acids is 1. The molecule has 1 fully saturated rings. The maximum Gasteiger partial charge on any atom is 0.406 e. The lowest BCUT2D eigenvalue weighted by Gasteiger charge is -2.35. The van der Waals surface area contributed by atoms with Crippen molar-refractivity contribution in [1.29, 1.82) is 0 Å². The van der Waals surface area contributed by atoms with Crippen molar-refractivity contribution in [3.8, 4) is 0 Å². The van der Waals surface area contributed by atoms with Gasteiger partial charge >= 0.3 is 18.2 Å². The van der Waals surface area contributed by atoms with Gasteiger partial charge in [-0.25, -0.2) is 9.59 Å². The number of nitrogens with zero attached hydrogens (tertiary/aromatic N) is 2. The maximum absolute atomic E-state index is 12.4. The van der Waals surface area contributed by atoms with Crippen LogP contribution in [0, 0.1) is 0 Å². The topological polar surface area (TPSA) is 60.9 Å². The molecular formula is C11H17F3N2O3. The van der Waals surface area contributed by atoms with Crippen molar-refractivity contribution in [1.82, 2.24) is 9.80 Å². The van der Waals surface area contributed by atoms with Gasteiger partial charge in [0.05, 0.1) is 0 Å². The van der Waals surface area contributed by atoms with Gasteiger partial charge < -0.3 is 14.9 Å². The van der Waals surface area contributed by atoms with E-state index in [1.54, 1.807) is 0 Å². The summed E-state index contributed by atoms with van der Waals surface area (Å²) in [7, 11) is 0. The highest BCUT2D eigenvalue weighted by Gasteiger charge is 2.48. The molecule has 0 radical (unpaired) electrons. The van der Waals surface area contributed by atoms with E-state index in [9.17, 15) is 22.8 Å². The average Bonchev–Trinajstić information content (AvgIpc) is 2.67. The fraction of sp³-hybridized carbons (Fsp3) is 0.818. The zero-order valence-corrected chi connectivity index (χ0v) is 10.8. The van der Waals surface area contributed by atoms with Crippen LogP contribution in [0.3, 0.4) is 0 Å². The Hall–Kier alpha value is -1.47. The second kappa shape index (κ2) is 5.26. The molecule has 5 nitrogen and oxygen atoms in total. The number of hydrogen-bond donors (Lipinski definition) is 1. The fourth-order valence-corrected chi connectivity index (χ4v) is 2.19. The minimum Gasteiger partial charge on any atom is -0.480 e. The summed E-state index contributed by atoms with van der Waals surface area (Å²) in [5.74, 6) is -1.19. The Morgan fingerprint density at radius 3 is 2.42 bits per heavy atom. The van der Waals surface area contributed by atoms with Gasteiger partial charge in [-0.3, -0.25) is 0 Å². The van der Waals surface area contributed by atoms with Crippen LogP contribution >= 0.6 is 0 Å². The summed E-state index contributed by atoms with van der Waals surface area (Å²) in [6, 6.07) is -0.873. The Kier molecular flexibility index (Phi) is 4.32. The van der Waals surface area contributed by atoms with Gasteiger partial charge in [0.25, 0.3) is 0 Å². The quantitative estimate of drug-likeness (QED) is 0.860. The van der Waals surface area contributed by atoms with E-state index in [0.717, 1.165) is 4.90 Å². The van der Waals surface area contributed by atoms with E-state index < -0.39 is 30.3 Å². The summed E-state index contributed by atoms with van der Waals surface area (Å²) >= 11 is 0. The molecule has 1 aliphatic rings. The molecule has 1 aliphatic heterocycles. The monoisotopic (exact) mass is 282 g/mol. The normalized spacial score (nSPS) is 23.5. The van der Waals surface area contributed by atoms with Gasteiger partial charge in [-0.15, -0.1) is 0 Å². The van der Waals surface area contributed by atoms with Crippen LogP contribution in [0.15, 0.2) is 0 Å². The Bertz CT molecular complexity index is 373. The van der Waals surface area contributed by atoms with Crippen LogP contribution in [0.1, 0.15) is 26.7 Å². The van der Waals surface area contributed by atoms with E-state index in [-0.39, 0.29) is 19.5 Å². The fourth-order valence-electron chi connectivity index (χ4n) is 2.19. The smallest absolute Gasteiger partial charge is 0.406 e. The molecule has 1 heterocycles. The van der Waals surface area contributed by atoms with Crippen molar-refractivity contribution < 1.29 is 27.9 Å². The summed E-state index contributed by atoms with van der Waals surface area (Å²) in [4.78, 5) is 24.9. The number of carboxylic acids is 1. The van der Waals surface area contributed by atoms with Crippen molar-refractivity contribution in [2.24, 2.45) is 0 Å². The molecule has 1 rings (SSSR count). The molecular weight excluding hydrogens is 265 g/mol. The third kappa shape index (κ3) is 3.30. The summed E-state index contributed by atoms with van der Waals surface area (Å²) in [6.45, 7) is 1.47. The first-order valence-corrected chi connectivity index (χ1v) is 5.98. The van der Waals surface area contributed by atoms with Gasteiger partial charge in [0.15, 0.2) is 0 Å². The van der Waals surface area contributed by atoms with Gasteiger partial charge in [0.1, 0.15) is 12.1 Å². The molecule has 2 amide bonds. The first-order chi connectivity index (χ1) is 8.62. The third-order valence-corrected chi connectivity index (χ3v) is 3.36. The van der Waals surface area contributed by atoms with Crippen LogP contribution < -0.4 is 0 Å². The number of hydrogen-bond acceptors (Lipinski definition) is 2. The van der Waals surface area contributed by atoms with Gasteiger partial charge in [-0.05, 0) is 26.7 Å². The van der Waals surface area contributed by atoms with Crippen molar-refractivity contribution >= 4 is 12.0 Å². The van der Waals surface area contributed by atoms with E-state index in [2.05, 4.69) is 0 Å². The zero-order chi connectivity index (χ0) is 14.8. The molecule has 1 N–H and O–H groups in total. The SMILES string of the molecule is CCN(CC(F)(F)F)C(=O)N1CCCC1(C)C(=O)O. The number of carbonyl (C=O) groups is 2. The molecule has 0 aromatic heterocycles. The number of aliphatic carboxylic acids is 1. The predicted molar refractivity (Wildman–Crippen MR) is 60.7 cm³/mol. The van der Waals surface area contributed by atoms with Crippen molar-refractivity contribution in [2.45, 2.75) is 38.4 Å². The Labute approximate surface area is 109 Å². The molecule has 0 aromatic carbocycles. The summed E-state index contributed by atoms with van der Waals surface area (Å²) in [6.07, 6.45) is -3.78. The minimum absolute atomic E-state index is 0.120. The van der Waals surface area contributed by atoms with Crippen LogP contribution in [0.25, 0.3) is 0 Å². The Balaban J connectivity index is 2.89. The molecule has 0 aromatic rings. The van der Waals surface area contributed by atoms with Gasteiger partial charge in [0, 0.05) is 13.1 Å². The van der Waals surface area contributed by atoms with Crippen LogP contribution in [0.2, 0.25) is 0 Å². The Morgan fingerprint density at radius 1 is 1.42 bits per heavy atom. The van der Waals surface area contributed by atoms with Crippen LogP contribution in [-0.4, -0.2) is 58.3 Å². The van der Waals surface area contributed by atoms with E-state index in [0.29, 0.717) is 11.3 Å². The van der Waals surface area contributed by atoms with Crippen molar-refractivity contribution in [3.63, 3.8) is 0 Å². The van der Waals surface area contributed by atoms with Crippen LogP contribution in [0.4, 0.5) is 18.0 Å². The number of halogens is 3. The molecule has 0 bridgehead atoms. The molecule has 8 heteroatoms. The van der Waals surface area contributed by atoms with E-state index >= 15 is 0 Å². The number of carboxylic acid groups (broad SMARTS) is 1. The van der Waals surface area contributed by atoms with Crippen molar-refractivity contribution in [2.75, 3.05) is 19.6 Å². The predicted octanol–water partition coefficient (Wildman–Crippen LogP) is 1.93. The first kappa shape index (κ1) is 15.6. The maximum atomic E-state index is 12.4. The lowest BCUT2D eigenvalue weighted by atomic mass is 10.00. The van der Waals surface area contributed by atoms with Gasteiger partial charge in [0.2, 0.25) is 0 Å². The number of rotatable bonds is 3. The van der Waals surface area contributed by atoms with Gasteiger partial charge in [-0.1, -0.05) is 0 Å². The zero-order valence-electron chi connectivity index (χ0n) is 10.8. The molecule has 110 valence electrons. The minimum atomic E-state index is -4.50. The summed E-state index contributed by atoms with van der Waals surface area (Å²) in [5.41, 5.74) is -1.42. The lowest BCUT2D eigenvalue weighted by Crippen LogP contribution is -2.56. The van der Waals surface area contributed by atoms with E-state index in [1.807, 2.05) is 0 Å². The highest BCUT2D eigenvalue weighted by atomic mass is 19.4. The second-order valence-corrected chi connectivity index (χ2v) is 4.75. The lowest BCUT2D eigenvalue weighted by molar-refractivity contribution is -0.149. The Morgan fingerprint density at radius 2 is 2.00 bits per heavy atom. The first-order valence-electron chi connectivity index (χ1n) is 5.98. The molecule has 0 saturated carbocycles. The highest BCUT2D eigenvalue weighted by Crippen LogP contribution is 2.31. The number of urea groups is 1. The van der Waals surface area contributed by atoms with Crippen molar-refractivity contribution in [3.05, 3.63) is 0 Å². The average molecular weight is 282 g/mol. The molecule has 1 atom stereocenters. The molecule has 0 spiro atoms. The van der Waals surface area contributed by atoms with Crippen LogP contribution in [-0.2, 0) is 4.79 Å².